The van der Waals surface area contributed by atoms with Crippen LogP contribution in [0.4, 0.5) is 0 Å². The highest BCUT2D eigenvalue weighted by Gasteiger charge is 2.08. The highest BCUT2D eigenvalue weighted by Crippen LogP contribution is 2.18. The largest absolute Gasteiger partial charge is 0.379 e. The van der Waals surface area contributed by atoms with Gasteiger partial charge in [0.1, 0.15) is 5.78 Å². The summed E-state index contributed by atoms with van der Waals surface area (Å²) >= 11 is 7.15. The van der Waals surface area contributed by atoms with Crippen molar-refractivity contribution in [3.05, 3.63) is 70.2 Å². The van der Waals surface area contributed by atoms with Gasteiger partial charge in [0.15, 0.2) is 5.17 Å². The van der Waals surface area contributed by atoms with Gasteiger partial charge >= 0.3 is 0 Å². The fraction of sp³-hybridized carbons (Fsp3) is 0.263. The predicted molar refractivity (Wildman–Crippen MR) is 113 cm³/mol. The Morgan fingerprint density at radius 1 is 1.08 bits per heavy atom. The molecule has 0 bridgehead atoms. The van der Waals surface area contributed by atoms with E-state index in [1.54, 1.807) is 0 Å². The van der Waals surface area contributed by atoms with Gasteiger partial charge < -0.3 is 5.73 Å². The molecule has 6 heteroatoms. The molecule has 0 fully saturated rings. The molecule has 0 aliphatic carbocycles. The third kappa shape index (κ3) is 8.08. The van der Waals surface area contributed by atoms with Crippen molar-refractivity contribution >= 4 is 51.3 Å². The second kappa shape index (κ2) is 11.3. The van der Waals surface area contributed by atoms with Crippen LogP contribution in [0.25, 0.3) is 0 Å². The van der Waals surface area contributed by atoms with Crippen molar-refractivity contribution in [2.45, 2.75) is 31.4 Å². The van der Waals surface area contributed by atoms with Crippen LogP contribution in [0, 0.1) is 5.41 Å². The van der Waals surface area contributed by atoms with Crippen LogP contribution in [-0.4, -0.2) is 11.0 Å². The number of hydrogen-bond donors (Lipinski definition) is 2. The van der Waals surface area contributed by atoms with Gasteiger partial charge in [-0.3, -0.25) is 10.2 Å². The minimum atomic E-state index is 0. The average molecular weight is 442 g/mol. The van der Waals surface area contributed by atoms with E-state index < -0.39 is 0 Å². The Balaban J connectivity index is 0.00000312. The number of rotatable bonds is 8. The molecular weight excluding hydrogens is 420 g/mol. The van der Waals surface area contributed by atoms with Crippen molar-refractivity contribution in [2.75, 3.05) is 0 Å². The smallest absolute Gasteiger partial charge is 0.151 e. The topological polar surface area (TPSA) is 66.9 Å². The number of nitrogens with one attached hydrogen (secondary N) is 1. The van der Waals surface area contributed by atoms with Gasteiger partial charge in [0.25, 0.3) is 0 Å². The van der Waals surface area contributed by atoms with E-state index in [0.717, 1.165) is 29.0 Å². The molecular formula is C19H22BrClN2OS. The lowest BCUT2D eigenvalue weighted by Gasteiger charge is -2.08. The van der Waals surface area contributed by atoms with Gasteiger partial charge in [0.2, 0.25) is 0 Å². The summed E-state index contributed by atoms with van der Waals surface area (Å²) in [5.74, 6) is 0.869. The van der Waals surface area contributed by atoms with E-state index in [1.807, 2.05) is 48.5 Å². The van der Waals surface area contributed by atoms with Gasteiger partial charge in [-0.05, 0) is 41.7 Å². The second-order valence-electron chi connectivity index (χ2n) is 5.62. The van der Waals surface area contributed by atoms with Crippen molar-refractivity contribution in [3.63, 3.8) is 0 Å². The van der Waals surface area contributed by atoms with Gasteiger partial charge in [-0.2, -0.15) is 0 Å². The summed E-state index contributed by atoms with van der Waals surface area (Å²) in [5.41, 5.74) is 8.70. The van der Waals surface area contributed by atoms with Gasteiger partial charge in [0.05, 0.1) is 0 Å². The van der Waals surface area contributed by atoms with Crippen molar-refractivity contribution < 1.29 is 4.79 Å². The Hall–Kier alpha value is -1.30. The van der Waals surface area contributed by atoms with Crippen LogP contribution < -0.4 is 5.73 Å². The number of carbonyl (C=O) groups excluding carboxylic acids is 1. The fourth-order valence-corrected chi connectivity index (χ4v) is 3.19. The third-order valence-electron chi connectivity index (χ3n) is 3.72. The first-order chi connectivity index (χ1) is 11.5. The SMILES string of the molecule is Br.N=C(N)SCc1ccccc1CC(=O)CCCc1ccc(Cl)cc1. The molecule has 0 aromatic heterocycles. The molecule has 0 saturated carbocycles. The molecule has 3 N–H and O–H groups in total. The summed E-state index contributed by atoms with van der Waals surface area (Å²) in [4.78, 5) is 12.3. The maximum atomic E-state index is 12.3. The Labute approximate surface area is 168 Å². The van der Waals surface area contributed by atoms with Crippen LogP contribution in [0.2, 0.25) is 5.02 Å². The number of hydrogen-bond acceptors (Lipinski definition) is 3. The molecule has 0 heterocycles. The number of halogens is 2. The third-order valence-corrected chi connectivity index (χ3v) is 4.74. The van der Waals surface area contributed by atoms with Crippen LogP contribution in [0.3, 0.4) is 0 Å². The van der Waals surface area contributed by atoms with E-state index in [9.17, 15) is 4.79 Å². The van der Waals surface area contributed by atoms with Crippen LogP contribution in [0.1, 0.15) is 29.5 Å². The van der Waals surface area contributed by atoms with E-state index in [2.05, 4.69) is 0 Å². The summed E-state index contributed by atoms with van der Waals surface area (Å²) in [6, 6.07) is 15.6. The van der Waals surface area contributed by atoms with E-state index in [0.29, 0.717) is 18.6 Å². The maximum Gasteiger partial charge on any atom is 0.151 e. The number of Topliss-reactive ketones (excluding diaryl/α,β-unsaturated/α-hetero) is 1. The molecule has 134 valence electrons. The van der Waals surface area contributed by atoms with Crippen molar-refractivity contribution in [1.29, 1.82) is 5.41 Å². The molecule has 0 aliphatic heterocycles. The zero-order valence-electron chi connectivity index (χ0n) is 13.8. The number of ketones is 1. The minimum absolute atomic E-state index is 0. The molecule has 2 rings (SSSR count). The van der Waals surface area contributed by atoms with Gasteiger partial charge in [0, 0.05) is 23.6 Å². The first-order valence-corrected chi connectivity index (χ1v) is 9.20. The first-order valence-electron chi connectivity index (χ1n) is 7.84. The van der Waals surface area contributed by atoms with Gasteiger partial charge in [-0.1, -0.05) is 59.8 Å². The molecule has 25 heavy (non-hydrogen) atoms. The number of aryl methyl sites for hydroxylation is 1. The Kier molecular flexibility index (Phi) is 9.86. The highest BCUT2D eigenvalue weighted by molar-refractivity contribution is 8.93. The maximum absolute atomic E-state index is 12.3. The van der Waals surface area contributed by atoms with Crippen LogP contribution >= 0.6 is 40.3 Å². The molecule has 2 aromatic carbocycles. The summed E-state index contributed by atoms with van der Waals surface area (Å²) in [6.07, 6.45) is 2.72. The Morgan fingerprint density at radius 3 is 2.36 bits per heavy atom. The van der Waals surface area contributed by atoms with Crippen molar-refractivity contribution in [1.82, 2.24) is 0 Å². The first kappa shape index (κ1) is 21.7. The minimum Gasteiger partial charge on any atom is -0.379 e. The molecule has 0 aliphatic rings. The quantitative estimate of drug-likeness (QED) is 0.438. The lowest BCUT2D eigenvalue weighted by atomic mass is 9.99. The number of nitrogens with two attached hydrogens (primary N) is 1. The molecule has 0 saturated heterocycles. The molecule has 3 nitrogen and oxygen atoms in total. The lowest BCUT2D eigenvalue weighted by Crippen LogP contribution is -2.07. The normalized spacial score (nSPS) is 10.1. The number of carbonyl (C=O) groups is 1. The molecule has 2 aromatic rings. The number of thioether (sulfide) groups is 1. The fourth-order valence-electron chi connectivity index (χ4n) is 2.47. The highest BCUT2D eigenvalue weighted by atomic mass is 79.9. The lowest BCUT2D eigenvalue weighted by molar-refractivity contribution is -0.118. The Morgan fingerprint density at radius 2 is 1.72 bits per heavy atom. The molecule has 0 unspecified atom stereocenters. The summed E-state index contributed by atoms with van der Waals surface area (Å²) in [7, 11) is 0. The monoisotopic (exact) mass is 440 g/mol. The zero-order chi connectivity index (χ0) is 17.4. The van der Waals surface area contributed by atoms with Crippen LogP contribution in [-0.2, 0) is 23.4 Å². The standard InChI is InChI=1S/C19H21ClN2OS.BrH/c20-17-10-8-14(9-11-17)4-3-7-18(23)12-15-5-1-2-6-16(15)13-24-19(21)22;/h1-2,5-6,8-11H,3-4,7,12-13H2,(H3,21,22);1H. The Bertz CT molecular complexity index is 707. The number of benzene rings is 2. The average Bonchev–Trinajstić information content (AvgIpc) is 2.56. The second-order valence-corrected chi connectivity index (χ2v) is 7.07. The van der Waals surface area contributed by atoms with E-state index in [-0.39, 0.29) is 27.9 Å². The summed E-state index contributed by atoms with van der Waals surface area (Å²) in [6.45, 7) is 0. The van der Waals surface area contributed by atoms with Crippen LogP contribution in [0.5, 0.6) is 0 Å². The van der Waals surface area contributed by atoms with E-state index in [1.165, 1.54) is 17.3 Å². The van der Waals surface area contributed by atoms with Crippen LogP contribution in [0.15, 0.2) is 48.5 Å². The number of amidine groups is 1. The summed E-state index contributed by atoms with van der Waals surface area (Å²) < 4.78 is 0. The van der Waals surface area contributed by atoms with Gasteiger partial charge in [-0.15, -0.1) is 17.0 Å². The van der Waals surface area contributed by atoms with E-state index in [4.69, 9.17) is 22.7 Å². The predicted octanol–water partition coefficient (Wildman–Crippen LogP) is 5.18. The van der Waals surface area contributed by atoms with Crippen molar-refractivity contribution in [2.24, 2.45) is 5.73 Å². The molecule has 0 spiro atoms. The molecule has 0 radical (unpaired) electrons. The van der Waals surface area contributed by atoms with E-state index >= 15 is 0 Å². The molecule has 0 amide bonds. The van der Waals surface area contributed by atoms with Gasteiger partial charge in [-0.25, -0.2) is 0 Å². The summed E-state index contributed by atoms with van der Waals surface area (Å²) in [5, 5.41) is 8.13. The molecule has 0 atom stereocenters. The van der Waals surface area contributed by atoms with Crippen molar-refractivity contribution in [3.8, 4) is 0 Å². The zero-order valence-corrected chi connectivity index (χ0v) is 17.1.